The third-order valence-corrected chi connectivity index (χ3v) is 6.86. The average molecular weight is 471 g/mol. The van der Waals surface area contributed by atoms with Crippen molar-refractivity contribution in [2.75, 3.05) is 26.4 Å². The van der Waals surface area contributed by atoms with Crippen molar-refractivity contribution in [2.24, 2.45) is 5.92 Å². The van der Waals surface area contributed by atoms with Crippen molar-refractivity contribution in [3.05, 3.63) is 59.7 Å². The van der Waals surface area contributed by atoms with Crippen LogP contribution in [0.2, 0.25) is 5.02 Å². The predicted molar refractivity (Wildman–Crippen MR) is 126 cm³/mol. The highest BCUT2D eigenvalue weighted by Crippen LogP contribution is 2.64. The smallest absolute Gasteiger partial charge is 0.330 e. The summed E-state index contributed by atoms with van der Waals surface area (Å²) in [6, 6.07) is 5.68. The van der Waals surface area contributed by atoms with Crippen molar-refractivity contribution in [1.82, 2.24) is 0 Å². The molecule has 7 heteroatoms. The zero-order valence-electron chi connectivity index (χ0n) is 18.6. The first kappa shape index (κ1) is 23.2. The number of halogens is 1. The maximum absolute atomic E-state index is 11.4. The Labute approximate surface area is 198 Å². The van der Waals surface area contributed by atoms with E-state index in [1.165, 1.54) is 0 Å². The molecule has 33 heavy (non-hydrogen) atoms. The van der Waals surface area contributed by atoms with Crippen molar-refractivity contribution in [2.45, 2.75) is 31.6 Å². The van der Waals surface area contributed by atoms with Crippen LogP contribution in [0.4, 0.5) is 0 Å². The molecule has 1 saturated carbocycles. The van der Waals surface area contributed by atoms with Gasteiger partial charge in [-0.1, -0.05) is 43.8 Å². The second kappa shape index (κ2) is 9.87. The van der Waals surface area contributed by atoms with E-state index in [1.54, 1.807) is 0 Å². The van der Waals surface area contributed by atoms with E-state index in [0.29, 0.717) is 22.8 Å². The van der Waals surface area contributed by atoms with Crippen LogP contribution in [0.15, 0.2) is 43.5 Å². The molecule has 3 atom stereocenters. The van der Waals surface area contributed by atoms with Crippen molar-refractivity contribution in [1.29, 1.82) is 0 Å². The van der Waals surface area contributed by atoms with Crippen LogP contribution in [0.25, 0.3) is 10.8 Å². The van der Waals surface area contributed by atoms with E-state index < -0.39 is 11.9 Å². The number of ether oxygens (including phenoxy) is 4. The molecule has 0 heterocycles. The summed E-state index contributed by atoms with van der Waals surface area (Å²) in [6.45, 7) is 9.74. The van der Waals surface area contributed by atoms with Gasteiger partial charge >= 0.3 is 11.9 Å². The first-order chi connectivity index (χ1) is 16.0. The minimum atomic E-state index is -0.486. The SMILES string of the molecule is C=CC(=O)OCCOc1c2c(c(OCCOC(=O)C=C)c3c(Cl)cccc13)C1CCC2C1C. The summed E-state index contributed by atoms with van der Waals surface area (Å²) < 4.78 is 22.6. The molecule has 0 spiro atoms. The Bertz CT molecular complexity index is 1110. The van der Waals surface area contributed by atoms with Crippen LogP contribution in [0.3, 0.4) is 0 Å². The molecule has 2 aliphatic rings. The standard InChI is InChI=1S/C26H27ClO6/c1-4-20(28)30-11-13-32-25-18-7-6-8-19(27)22(18)26(33-14-12-31-21(29)5-2)24-17-10-9-16(15(17)3)23(24)25/h4-8,15-17H,1-2,9-14H2,3H3. The summed E-state index contributed by atoms with van der Waals surface area (Å²) >= 11 is 6.67. The van der Waals surface area contributed by atoms with Gasteiger partial charge in [0.05, 0.1) is 5.02 Å². The van der Waals surface area contributed by atoms with Crippen LogP contribution in [0.1, 0.15) is 42.7 Å². The first-order valence-electron chi connectivity index (χ1n) is 11.1. The zero-order valence-corrected chi connectivity index (χ0v) is 19.4. The largest absolute Gasteiger partial charge is 0.489 e. The number of hydrogen-bond donors (Lipinski definition) is 0. The summed E-state index contributed by atoms with van der Waals surface area (Å²) in [5.41, 5.74) is 2.29. The van der Waals surface area contributed by atoms with Gasteiger partial charge in [0.1, 0.15) is 37.9 Å². The molecule has 0 aromatic heterocycles. The molecule has 3 unspecified atom stereocenters. The van der Waals surface area contributed by atoms with Gasteiger partial charge in [-0.25, -0.2) is 9.59 Å². The van der Waals surface area contributed by atoms with Crippen molar-refractivity contribution in [3.63, 3.8) is 0 Å². The zero-order chi connectivity index (χ0) is 23.5. The minimum absolute atomic E-state index is 0.113. The van der Waals surface area contributed by atoms with Gasteiger partial charge in [-0.15, -0.1) is 0 Å². The molecule has 2 aromatic carbocycles. The van der Waals surface area contributed by atoms with Gasteiger partial charge in [0.25, 0.3) is 0 Å². The molecular weight excluding hydrogens is 444 g/mol. The average Bonchev–Trinajstić information content (AvgIpc) is 3.32. The number of benzene rings is 2. The molecule has 0 radical (unpaired) electrons. The van der Waals surface area contributed by atoms with Crippen molar-refractivity contribution in [3.8, 4) is 11.5 Å². The topological polar surface area (TPSA) is 71.1 Å². The second-order valence-corrected chi connectivity index (χ2v) is 8.64. The first-order valence-corrected chi connectivity index (χ1v) is 11.5. The van der Waals surface area contributed by atoms with Gasteiger partial charge in [-0.3, -0.25) is 0 Å². The lowest BCUT2D eigenvalue weighted by Crippen LogP contribution is -2.14. The molecule has 2 bridgehead atoms. The Morgan fingerprint density at radius 2 is 1.48 bits per heavy atom. The summed E-state index contributed by atoms with van der Waals surface area (Å²) in [4.78, 5) is 22.8. The lowest BCUT2D eigenvalue weighted by molar-refractivity contribution is -0.139. The van der Waals surface area contributed by atoms with Crippen LogP contribution in [-0.4, -0.2) is 38.4 Å². The van der Waals surface area contributed by atoms with E-state index in [4.69, 9.17) is 30.5 Å². The van der Waals surface area contributed by atoms with Crippen LogP contribution in [0, 0.1) is 5.92 Å². The molecule has 0 aliphatic heterocycles. The lowest BCUT2D eigenvalue weighted by Gasteiger charge is -2.25. The molecule has 2 aliphatic carbocycles. The Morgan fingerprint density at radius 1 is 0.939 bits per heavy atom. The van der Waals surface area contributed by atoms with Gasteiger partial charge < -0.3 is 18.9 Å². The second-order valence-electron chi connectivity index (χ2n) is 8.24. The highest BCUT2D eigenvalue weighted by molar-refractivity contribution is 6.36. The molecule has 0 N–H and O–H groups in total. The maximum atomic E-state index is 11.4. The van der Waals surface area contributed by atoms with Gasteiger partial charge in [0, 0.05) is 34.1 Å². The van der Waals surface area contributed by atoms with E-state index in [-0.39, 0.29) is 26.4 Å². The summed E-state index contributed by atoms with van der Waals surface area (Å²) in [5.74, 6) is 1.71. The predicted octanol–water partition coefficient (Wildman–Crippen LogP) is 5.32. The Balaban J connectivity index is 1.72. The highest BCUT2D eigenvalue weighted by atomic mass is 35.5. The highest BCUT2D eigenvalue weighted by Gasteiger charge is 2.48. The molecule has 0 amide bonds. The molecular formula is C26H27ClO6. The van der Waals surface area contributed by atoms with E-state index in [9.17, 15) is 9.59 Å². The summed E-state index contributed by atoms with van der Waals surface area (Å²) in [5, 5.41) is 2.20. The van der Waals surface area contributed by atoms with Gasteiger partial charge in [-0.2, -0.15) is 0 Å². The lowest BCUT2D eigenvalue weighted by atomic mass is 9.87. The Hall–Kier alpha value is -2.99. The molecule has 6 nitrogen and oxygen atoms in total. The number of carbonyl (C=O) groups is 2. The third kappa shape index (κ3) is 4.32. The van der Waals surface area contributed by atoms with Gasteiger partial charge in [-0.05, 0) is 36.7 Å². The van der Waals surface area contributed by atoms with Crippen molar-refractivity contribution < 1.29 is 28.5 Å². The van der Waals surface area contributed by atoms with E-state index >= 15 is 0 Å². The Kier molecular flexibility index (Phi) is 6.94. The van der Waals surface area contributed by atoms with Crippen LogP contribution >= 0.6 is 11.6 Å². The van der Waals surface area contributed by atoms with Crippen LogP contribution in [-0.2, 0) is 19.1 Å². The maximum Gasteiger partial charge on any atom is 0.330 e. The molecule has 0 saturated heterocycles. The molecule has 4 rings (SSSR count). The van der Waals surface area contributed by atoms with Crippen molar-refractivity contribution >= 4 is 34.3 Å². The van der Waals surface area contributed by atoms with Gasteiger partial charge in [0.15, 0.2) is 0 Å². The quantitative estimate of drug-likeness (QED) is 0.266. The monoisotopic (exact) mass is 470 g/mol. The number of carbonyl (C=O) groups excluding carboxylic acids is 2. The molecule has 1 fully saturated rings. The number of esters is 2. The third-order valence-electron chi connectivity index (χ3n) is 6.55. The van der Waals surface area contributed by atoms with E-state index in [1.807, 2.05) is 18.2 Å². The molecule has 2 aromatic rings. The fourth-order valence-corrected chi connectivity index (χ4v) is 5.44. The normalized spacial score (nSPS) is 20.2. The fraction of sp³-hybridized carbons (Fsp3) is 0.385. The van der Waals surface area contributed by atoms with E-state index in [2.05, 4.69) is 20.1 Å². The molecule has 174 valence electrons. The summed E-state index contributed by atoms with van der Waals surface area (Å²) in [6.07, 6.45) is 4.42. The summed E-state index contributed by atoms with van der Waals surface area (Å²) in [7, 11) is 0. The number of hydrogen-bond acceptors (Lipinski definition) is 6. The minimum Gasteiger partial charge on any atom is -0.489 e. The van der Waals surface area contributed by atoms with E-state index in [0.717, 1.165) is 58.4 Å². The fourth-order valence-electron chi connectivity index (χ4n) is 5.18. The van der Waals surface area contributed by atoms with Gasteiger partial charge in [0.2, 0.25) is 0 Å². The number of fused-ring (bicyclic) bond motifs is 6. The van der Waals surface area contributed by atoms with Crippen LogP contribution in [0.5, 0.6) is 11.5 Å². The van der Waals surface area contributed by atoms with Crippen LogP contribution < -0.4 is 9.47 Å². The Morgan fingerprint density at radius 3 is 2.06 bits per heavy atom. The number of rotatable bonds is 10.